The number of benzene rings is 1. The van der Waals surface area contributed by atoms with Crippen molar-refractivity contribution in [1.82, 2.24) is 9.88 Å². The zero-order valence-electron chi connectivity index (χ0n) is 31.8. The minimum Gasteiger partial charge on any atom is -0.477 e. The van der Waals surface area contributed by atoms with Gasteiger partial charge in [0.2, 0.25) is 5.43 Å². The van der Waals surface area contributed by atoms with E-state index in [1.807, 2.05) is 9.47 Å². The Morgan fingerprint density at radius 2 is 1.75 bits per heavy atom. The number of halogens is 3. The summed E-state index contributed by atoms with van der Waals surface area (Å²) in [6.07, 6.45) is 3.14. The molecule has 12 nitrogen and oxygen atoms in total. The SMILES string of the molecule is CC1(C)O[C@@H]2C[C@H]3[C@@H]4C[C@H](F)C5=CC(=O)C=C[C@]5(C)[C@@]4(F)[C@@H](O)C[C@]3(C)[C@]2(C(=O)CO)O1.O=C(O)c1cn(C2CC2)c2cc(N3CCNCC3)c(F)cc2c1=O. The number of hydrogen-bond acceptors (Lipinski definition) is 10. The van der Waals surface area contributed by atoms with Crippen LogP contribution in [0.25, 0.3) is 10.9 Å². The smallest absolute Gasteiger partial charge is 0.341 e. The topological polar surface area (TPSA) is 168 Å². The molecule has 2 aliphatic heterocycles. The number of aromatic nitrogens is 1. The Bertz CT molecular complexity index is 2150. The average molecular weight is 784 g/mol. The van der Waals surface area contributed by atoms with Crippen molar-refractivity contribution in [2.45, 2.75) is 101 Å². The Morgan fingerprint density at radius 1 is 1.05 bits per heavy atom. The van der Waals surface area contributed by atoms with Crippen molar-refractivity contribution >= 4 is 34.1 Å². The molecule has 1 aromatic carbocycles. The Balaban J connectivity index is 0.000000164. The molecule has 0 radical (unpaired) electrons. The quantitative estimate of drug-likeness (QED) is 0.347. The van der Waals surface area contributed by atoms with E-state index in [1.165, 1.54) is 31.3 Å². The number of carboxylic acids is 1. The number of carboxylic acid groups (broad SMARTS) is 1. The predicted octanol–water partition coefficient (Wildman–Crippen LogP) is 3.95. The van der Waals surface area contributed by atoms with Crippen molar-refractivity contribution in [2.75, 3.05) is 37.7 Å². The third-order valence-corrected chi connectivity index (χ3v) is 13.9. The maximum atomic E-state index is 17.1. The highest BCUT2D eigenvalue weighted by atomic mass is 19.1. The van der Waals surface area contributed by atoms with Crippen LogP contribution in [0.2, 0.25) is 0 Å². The number of piperazine rings is 1. The number of Topliss-reactive ketones (excluding diaryl/α,β-unsaturated/α-hetero) is 1. The van der Waals surface area contributed by atoms with E-state index in [4.69, 9.17) is 9.47 Å². The number of fused-ring (bicyclic) bond motifs is 8. The van der Waals surface area contributed by atoms with Gasteiger partial charge in [-0.05, 0) is 88.7 Å². The van der Waals surface area contributed by atoms with E-state index >= 15 is 8.78 Å². The highest BCUT2D eigenvalue weighted by Crippen LogP contribution is 2.72. The highest BCUT2D eigenvalue weighted by Gasteiger charge is 2.80. The first-order valence-corrected chi connectivity index (χ1v) is 19.4. The highest BCUT2D eigenvalue weighted by molar-refractivity contribution is 6.01. The van der Waals surface area contributed by atoms with Gasteiger partial charge < -0.3 is 39.6 Å². The van der Waals surface area contributed by atoms with Crippen molar-refractivity contribution in [3.63, 3.8) is 0 Å². The lowest BCUT2D eigenvalue weighted by Crippen LogP contribution is -2.71. The second kappa shape index (κ2) is 13.1. The Hall–Kier alpha value is -3.89. The molecule has 4 N–H and O–H groups in total. The molecule has 7 aliphatic rings. The van der Waals surface area contributed by atoms with E-state index in [9.17, 15) is 38.9 Å². The minimum atomic E-state index is -2.24. The average Bonchev–Trinajstić information content (AvgIpc) is 3.91. The molecule has 2 aromatic rings. The van der Waals surface area contributed by atoms with Crippen molar-refractivity contribution < 1.29 is 52.3 Å². The van der Waals surface area contributed by atoms with E-state index < -0.39 is 93.5 Å². The van der Waals surface area contributed by atoms with Crippen LogP contribution in [0.15, 0.2) is 46.9 Å². The minimum absolute atomic E-state index is 0.0550. The second-order valence-electron chi connectivity index (χ2n) is 17.4. The molecule has 0 spiro atoms. The maximum Gasteiger partial charge on any atom is 0.341 e. The van der Waals surface area contributed by atoms with Crippen LogP contribution >= 0.6 is 0 Å². The van der Waals surface area contributed by atoms with E-state index in [1.54, 1.807) is 26.8 Å². The zero-order chi connectivity index (χ0) is 40.3. The maximum absolute atomic E-state index is 17.1. The number of anilines is 1. The van der Waals surface area contributed by atoms with E-state index in [0.29, 0.717) is 24.3 Å². The molecule has 0 bridgehead atoms. The number of aliphatic hydroxyl groups excluding tert-OH is 2. The molecule has 5 aliphatic carbocycles. The van der Waals surface area contributed by atoms with Gasteiger partial charge in [0, 0.05) is 60.6 Å². The molecule has 4 saturated carbocycles. The molecule has 2 saturated heterocycles. The fraction of sp³-hybridized carbons (Fsp3) is 0.610. The van der Waals surface area contributed by atoms with Gasteiger partial charge >= 0.3 is 5.97 Å². The Morgan fingerprint density at radius 3 is 2.39 bits per heavy atom. The number of aromatic carboxylic acids is 1. The van der Waals surface area contributed by atoms with Gasteiger partial charge in [0.25, 0.3) is 0 Å². The molecule has 15 heteroatoms. The van der Waals surface area contributed by atoms with Gasteiger partial charge in [-0.3, -0.25) is 14.4 Å². The standard InChI is InChI=1S/C24H30F2O6.C17H18FN3O3/c1-20(2)31-19-9-13-14-8-16(25)15-7-12(28)5-6-21(15,3)23(14,26)17(29)10-22(13,4)24(19,32-20)18(30)11-27;18-13-7-11-14(8-15(13)20-5-3-19-4-6-20)21(10-1-2-10)9-12(16(11)22)17(23)24/h5-7,13-14,16-17,19,27,29H,8-11H2,1-4H3;7-10,19H,1-6H2,(H,23,24)/t13-,14-,16-,17-,19+,21-,22-,23-,24+;/m0./s1. The van der Waals surface area contributed by atoms with E-state index in [-0.39, 0.29) is 41.8 Å². The number of alkyl halides is 2. The van der Waals surface area contributed by atoms with Crippen LogP contribution in [0.4, 0.5) is 18.9 Å². The summed E-state index contributed by atoms with van der Waals surface area (Å²) in [4.78, 5) is 50.8. The lowest BCUT2D eigenvalue weighted by Gasteiger charge is -2.63. The van der Waals surface area contributed by atoms with Crippen LogP contribution in [0.5, 0.6) is 0 Å². The third-order valence-electron chi connectivity index (χ3n) is 13.9. The van der Waals surface area contributed by atoms with Crippen LogP contribution in [0.1, 0.15) is 76.2 Å². The number of carbonyl (C=O) groups excluding carboxylic acids is 2. The summed E-state index contributed by atoms with van der Waals surface area (Å²) in [5.41, 5.74) is -6.14. The lowest BCUT2D eigenvalue weighted by atomic mass is 9.44. The lowest BCUT2D eigenvalue weighted by molar-refractivity contribution is -0.248. The Labute approximate surface area is 321 Å². The number of nitrogens with one attached hydrogen (secondary N) is 1. The van der Waals surface area contributed by atoms with Crippen molar-refractivity contribution in [3.05, 3.63) is 63.7 Å². The first-order chi connectivity index (χ1) is 26.3. The number of ether oxygens (including phenoxy) is 2. The van der Waals surface area contributed by atoms with Crippen molar-refractivity contribution in [2.24, 2.45) is 22.7 Å². The first-order valence-electron chi connectivity index (χ1n) is 19.4. The third kappa shape index (κ3) is 5.44. The largest absolute Gasteiger partial charge is 0.477 e. The predicted molar refractivity (Wildman–Crippen MR) is 197 cm³/mol. The molecular weight excluding hydrogens is 735 g/mol. The molecule has 1 aromatic heterocycles. The van der Waals surface area contributed by atoms with Crippen molar-refractivity contribution in [3.8, 4) is 0 Å². The van der Waals surface area contributed by atoms with Crippen LogP contribution in [-0.4, -0.2) is 106 Å². The summed E-state index contributed by atoms with van der Waals surface area (Å²) >= 11 is 0. The van der Waals surface area contributed by atoms with Gasteiger partial charge in [-0.15, -0.1) is 0 Å². The first kappa shape index (κ1) is 39.0. The van der Waals surface area contributed by atoms with Crippen LogP contribution in [-0.2, 0) is 19.1 Å². The molecule has 0 amide bonds. The van der Waals surface area contributed by atoms with Crippen molar-refractivity contribution in [1.29, 1.82) is 0 Å². The fourth-order valence-corrected chi connectivity index (χ4v) is 11.2. The van der Waals surface area contributed by atoms with Gasteiger partial charge in [-0.2, -0.15) is 0 Å². The van der Waals surface area contributed by atoms with Gasteiger partial charge in [0.15, 0.2) is 28.6 Å². The fourth-order valence-electron chi connectivity index (χ4n) is 11.2. The summed E-state index contributed by atoms with van der Waals surface area (Å²) in [5, 5.41) is 33.8. The van der Waals surface area contributed by atoms with Gasteiger partial charge in [0.05, 0.1) is 23.4 Å². The number of pyridine rings is 1. The van der Waals surface area contributed by atoms with Gasteiger partial charge in [0.1, 0.15) is 24.2 Å². The number of aliphatic hydroxyl groups is 2. The van der Waals surface area contributed by atoms with E-state index in [2.05, 4.69) is 5.32 Å². The zero-order valence-corrected chi connectivity index (χ0v) is 31.8. The van der Waals surface area contributed by atoms with Crippen LogP contribution in [0, 0.1) is 28.5 Å². The molecule has 0 unspecified atom stereocenters. The van der Waals surface area contributed by atoms with E-state index in [0.717, 1.165) is 32.0 Å². The molecule has 9 rings (SSSR count). The second-order valence-corrected chi connectivity index (χ2v) is 17.4. The monoisotopic (exact) mass is 783 g/mol. The molecule has 302 valence electrons. The number of rotatable bonds is 5. The number of carbonyl (C=O) groups is 3. The molecular formula is C41H48F3N3O9. The van der Waals surface area contributed by atoms with Crippen LogP contribution in [0.3, 0.4) is 0 Å². The number of hydrogen-bond donors (Lipinski definition) is 4. The Kier molecular flexibility index (Phi) is 9.09. The number of allylic oxidation sites excluding steroid dienone is 4. The van der Waals surface area contributed by atoms with Gasteiger partial charge in [-0.1, -0.05) is 13.0 Å². The molecule has 56 heavy (non-hydrogen) atoms. The molecule has 6 fully saturated rings. The summed E-state index contributed by atoms with van der Waals surface area (Å²) in [5.74, 6) is -5.29. The van der Waals surface area contributed by atoms with Crippen LogP contribution < -0.4 is 15.6 Å². The molecule has 3 heterocycles. The van der Waals surface area contributed by atoms with Gasteiger partial charge in [-0.25, -0.2) is 18.0 Å². The summed E-state index contributed by atoms with van der Waals surface area (Å²) in [6, 6.07) is 3.08. The summed E-state index contributed by atoms with van der Waals surface area (Å²) < 4.78 is 61.3. The summed E-state index contributed by atoms with van der Waals surface area (Å²) in [7, 11) is 0. The summed E-state index contributed by atoms with van der Waals surface area (Å²) in [6.45, 7) is 8.83. The normalized spacial score (nSPS) is 38.2. The number of nitrogens with zero attached hydrogens (tertiary/aromatic N) is 2. The molecule has 9 atom stereocenters. The number of ketones is 2.